The van der Waals surface area contributed by atoms with Gasteiger partial charge in [0.15, 0.2) is 0 Å². The van der Waals surface area contributed by atoms with Gasteiger partial charge >= 0.3 is 0 Å². The van der Waals surface area contributed by atoms with Crippen molar-refractivity contribution in [1.29, 1.82) is 0 Å². The minimum absolute atomic E-state index is 0.188. The van der Waals surface area contributed by atoms with E-state index in [1.807, 2.05) is 0 Å². The number of rotatable bonds is 2. The molecule has 0 saturated heterocycles. The maximum atomic E-state index is 13.7. The number of carbonyl (C=O) groups is 1. The second-order valence-electron chi connectivity index (χ2n) is 4.00. The Hall–Kier alpha value is -2.04. The molecule has 17 heavy (non-hydrogen) atoms. The highest BCUT2D eigenvalue weighted by Gasteiger charge is 2.13. The molecule has 1 heterocycles. The Balaban J connectivity index is 2.51. The molecular formula is C12H12FN3O. The summed E-state index contributed by atoms with van der Waals surface area (Å²) in [6.07, 6.45) is 1.30. The van der Waals surface area contributed by atoms with E-state index in [9.17, 15) is 9.18 Å². The number of hydrogen-bond acceptors (Lipinski definition) is 3. The molecule has 0 aliphatic carbocycles. The summed E-state index contributed by atoms with van der Waals surface area (Å²) in [6.45, 7) is 3.52. The van der Waals surface area contributed by atoms with E-state index in [0.717, 1.165) is 0 Å². The lowest BCUT2D eigenvalue weighted by atomic mass is 10.2. The van der Waals surface area contributed by atoms with E-state index in [1.165, 1.54) is 12.4 Å². The van der Waals surface area contributed by atoms with Crippen LogP contribution in [0.4, 0.5) is 10.2 Å². The van der Waals surface area contributed by atoms with Gasteiger partial charge in [0.05, 0.1) is 10.9 Å². The van der Waals surface area contributed by atoms with Gasteiger partial charge in [0.25, 0.3) is 0 Å². The lowest BCUT2D eigenvalue weighted by Crippen LogP contribution is -2.19. The van der Waals surface area contributed by atoms with Crippen molar-refractivity contribution >= 4 is 22.6 Å². The lowest BCUT2D eigenvalue weighted by molar-refractivity contribution is -0.118. The Morgan fingerprint density at radius 3 is 2.82 bits per heavy atom. The number of benzene rings is 1. The monoisotopic (exact) mass is 233 g/mol. The third kappa shape index (κ3) is 2.22. The smallest absolute Gasteiger partial charge is 0.228 e. The van der Waals surface area contributed by atoms with Crippen molar-refractivity contribution in [2.45, 2.75) is 13.8 Å². The van der Waals surface area contributed by atoms with E-state index in [2.05, 4.69) is 15.3 Å². The molecule has 0 atom stereocenters. The zero-order valence-electron chi connectivity index (χ0n) is 9.57. The first kappa shape index (κ1) is 11.4. The molecule has 0 unspecified atom stereocenters. The quantitative estimate of drug-likeness (QED) is 0.866. The summed E-state index contributed by atoms with van der Waals surface area (Å²) in [7, 11) is 0. The van der Waals surface area contributed by atoms with Crippen LogP contribution in [0.1, 0.15) is 13.8 Å². The molecule has 0 aliphatic heterocycles. The average Bonchev–Trinajstić information content (AvgIpc) is 2.29. The molecule has 0 spiro atoms. The van der Waals surface area contributed by atoms with E-state index < -0.39 is 5.82 Å². The number of halogens is 1. The first-order valence-corrected chi connectivity index (χ1v) is 5.29. The second kappa shape index (κ2) is 4.45. The Bertz CT molecular complexity index is 563. The summed E-state index contributed by atoms with van der Waals surface area (Å²) in [5.74, 6) is -0.617. The van der Waals surface area contributed by atoms with Crippen molar-refractivity contribution in [3.8, 4) is 0 Å². The fourth-order valence-corrected chi connectivity index (χ4v) is 1.42. The number of nitrogens with one attached hydrogen (secondary N) is 1. The average molecular weight is 233 g/mol. The van der Waals surface area contributed by atoms with Gasteiger partial charge in [-0.1, -0.05) is 19.9 Å². The van der Waals surface area contributed by atoms with Crippen molar-refractivity contribution in [3.63, 3.8) is 0 Å². The van der Waals surface area contributed by atoms with Crippen LogP contribution in [0.2, 0.25) is 0 Å². The number of anilines is 1. The number of hydrogen-bond donors (Lipinski definition) is 1. The van der Waals surface area contributed by atoms with Crippen LogP contribution in [0.5, 0.6) is 0 Å². The van der Waals surface area contributed by atoms with Crippen molar-refractivity contribution < 1.29 is 9.18 Å². The number of fused-ring (bicyclic) bond motifs is 1. The minimum atomic E-state index is -0.442. The largest absolute Gasteiger partial charge is 0.310 e. The van der Waals surface area contributed by atoms with Crippen LogP contribution in [0, 0.1) is 11.7 Å². The molecular weight excluding hydrogens is 221 g/mol. The maximum absolute atomic E-state index is 13.7. The van der Waals surface area contributed by atoms with Crippen molar-refractivity contribution in [2.75, 3.05) is 5.32 Å². The van der Waals surface area contributed by atoms with Crippen LogP contribution < -0.4 is 5.32 Å². The van der Waals surface area contributed by atoms with E-state index in [-0.39, 0.29) is 23.0 Å². The minimum Gasteiger partial charge on any atom is -0.310 e. The van der Waals surface area contributed by atoms with Crippen molar-refractivity contribution in [2.24, 2.45) is 5.92 Å². The normalized spacial score (nSPS) is 10.8. The molecule has 0 aliphatic rings. The Morgan fingerprint density at radius 1 is 1.35 bits per heavy atom. The summed E-state index contributed by atoms with van der Waals surface area (Å²) in [5, 5.41) is 2.83. The fourth-order valence-electron chi connectivity index (χ4n) is 1.42. The molecule has 0 bridgehead atoms. The standard InChI is InChI=1S/C12H12FN3O/c1-7(2)12(17)16-11-10-8(13)4-3-5-9(10)14-6-15-11/h3-7H,1-2H3,(H,14,15,16,17). The number of nitrogens with zero attached hydrogens (tertiary/aromatic N) is 2. The van der Waals surface area contributed by atoms with Crippen molar-refractivity contribution in [1.82, 2.24) is 9.97 Å². The van der Waals surface area contributed by atoms with Gasteiger partial charge in [0, 0.05) is 5.92 Å². The molecule has 1 N–H and O–H groups in total. The van der Waals surface area contributed by atoms with Gasteiger partial charge in [-0.05, 0) is 12.1 Å². The molecule has 0 radical (unpaired) electrons. The summed E-state index contributed by atoms with van der Waals surface area (Å²) in [5.41, 5.74) is 0.471. The second-order valence-corrected chi connectivity index (χ2v) is 4.00. The molecule has 1 amide bonds. The number of aromatic nitrogens is 2. The van der Waals surface area contributed by atoms with Gasteiger partial charge in [-0.3, -0.25) is 4.79 Å². The predicted molar refractivity (Wildman–Crippen MR) is 63.0 cm³/mol. The van der Waals surface area contributed by atoms with Crippen LogP contribution in [0.3, 0.4) is 0 Å². The first-order chi connectivity index (χ1) is 8.09. The molecule has 1 aromatic heterocycles. The number of amides is 1. The molecule has 2 aromatic rings. The van der Waals surface area contributed by atoms with E-state index in [0.29, 0.717) is 5.52 Å². The third-order valence-corrected chi connectivity index (χ3v) is 2.38. The summed E-state index contributed by atoms with van der Waals surface area (Å²) in [4.78, 5) is 19.4. The van der Waals surface area contributed by atoms with Crippen molar-refractivity contribution in [3.05, 3.63) is 30.3 Å². The van der Waals surface area contributed by atoms with Gasteiger partial charge in [-0.2, -0.15) is 0 Å². The van der Waals surface area contributed by atoms with E-state index in [1.54, 1.807) is 26.0 Å². The fraction of sp³-hybridized carbons (Fsp3) is 0.250. The molecule has 1 aromatic carbocycles. The van der Waals surface area contributed by atoms with Gasteiger partial charge in [0.1, 0.15) is 18.0 Å². The van der Waals surface area contributed by atoms with Crippen LogP contribution in [-0.2, 0) is 4.79 Å². The maximum Gasteiger partial charge on any atom is 0.228 e. The zero-order chi connectivity index (χ0) is 12.4. The highest BCUT2D eigenvalue weighted by molar-refractivity contribution is 5.99. The SMILES string of the molecule is CC(C)C(=O)Nc1ncnc2cccc(F)c12. The molecule has 0 fully saturated rings. The summed E-state index contributed by atoms with van der Waals surface area (Å²) in [6, 6.07) is 4.56. The van der Waals surface area contributed by atoms with Crippen LogP contribution in [0.15, 0.2) is 24.5 Å². The summed E-state index contributed by atoms with van der Waals surface area (Å²) < 4.78 is 13.7. The molecule has 2 rings (SSSR count). The van der Waals surface area contributed by atoms with Gasteiger partial charge in [-0.25, -0.2) is 14.4 Å². The third-order valence-electron chi connectivity index (χ3n) is 2.38. The van der Waals surface area contributed by atoms with Crippen LogP contribution in [0.25, 0.3) is 10.9 Å². The predicted octanol–water partition coefficient (Wildman–Crippen LogP) is 2.36. The van der Waals surface area contributed by atoms with E-state index in [4.69, 9.17) is 0 Å². The Labute approximate surface area is 97.9 Å². The van der Waals surface area contributed by atoms with Gasteiger partial charge in [-0.15, -0.1) is 0 Å². The highest BCUT2D eigenvalue weighted by Crippen LogP contribution is 2.22. The topological polar surface area (TPSA) is 54.9 Å². The molecule has 5 heteroatoms. The molecule has 88 valence electrons. The van der Waals surface area contributed by atoms with Crippen LogP contribution >= 0.6 is 0 Å². The van der Waals surface area contributed by atoms with Crippen LogP contribution in [-0.4, -0.2) is 15.9 Å². The highest BCUT2D eigenvalue weighted by atomic mass is 19.1. The molecule has 4 nitrogen and oxygen atoms in total. The number of carbonyl (C=O) groups excluding carboxylic acids is 1. The summed E-state index contributed by atoms with van der Waals surface area (Å²) >= 11 is 0. The van der Waals surface area contributed by atoms with E-state index >= 15 is 0 Å². The first-order valence-electron chi connectivity index (χ1n) is 5.29. The van der Waals surface area contributed by atoms with Gasteiger partial charge in [0.2, 0.25) is 5.91 Å². The molecule has 0 saturated carbocycles. The Kier molecular flexibility index (Phi) is 2.99. The zero-order valence-corrected chi connectivity index (χ0v) is 9.57. The Morgan fingerprint density at radius 2 is 2.12 bits per heavy atom. The van der Waals surface area contributed by atoms with Gasteiger partial charge < -0.3 is 5.32 Å². The lowest BCUT2D eigenvalue weighted by Gasteiger charge is -2.09.